The second kappa shape index (κ2) is 8.69. The Hall–Kier alpha value is -0.680. The first-order valence-electron chi connectivity index (χ1n) is 6.66. The Kier molecular flexibility index (Phi) is 7.60. The lowest BCUT2D eigenvalue weighted by Gasteiger charge is -2.34. The maximum absolute atomic E-state index is 12.1. The fourth-order valence-corrected chi connectivity index (χ4v) is 2.55. The van der Waals surface area contributed by atoms with Crippen LogP contribution in [0.1, 0.15) is 13.3 Å². The van der Waals surface area contributed by atoms with Gasteiger partial charge < -0.3 is 15.0 Å². The van der Waals surface area contributed by atoms with Crippen molar-refractivity contribution in [1.29, 1.82) is 0 Å². The zero-order valence-electron chi connectivity index (χ0n) is 11.8. The van der Waals surface area contributed by atoms with E-state index in [4.69, 9.17) is 27.9 Å². The lowest BCUT2D eigenvalue weighted by atomic mass is 10.2. The maximum Gasteiger partial charge on any atom is 0.226 e. The van der Waals surface area contributed by atoms with Crippen molar-refractivity contribution in [2.75, 3.05) is 26.2 Å². The van der Waals surface area contributed by atoms with E-state index in [0.717, 1.165) is 19.6 Å². The highest BCUT2D eigenvalue weighted by Crippen LogP contribution is 2.31. The molecule has 0 aromatic heterocycles. The predicted molar refractivity (Wildman–Crippen MR) is 87.9 cm³/mol. The molecule has 1 heterocycles. The summed E-state index contributed by atoms with van der Waals surface area (Å²) in [5.74, 6) is 0.623. The monoisotopic (exact) mass is 352 g/mol. The smallest absolute Gasteiger partial charge is 0.226 e. The molecule has 0 bridgehead atoms. The minimum Gasteiger partial charge on any atom is -0.491 e. The zero-order valence-corrected chi connectivity index (χ0v) is 14.1. The lowest BCUT2D eigenvalue weighted by molar-refractivity contribution is -0.134. The van der Waals surface area contributed by atoms with Crippen LogP contribution < -0.4 is 10.1 Å². The van der Waals surface area contributed by atoms with Gasteiger partial charge in [0.25, 0.3) is 0 Å². The van der Waals surface area contributed by atoms with Crippen molar-refractivity contribution in [2.45, 2.75) is 19.4 Å². The van der Waals surface area contributed by atoms with Crippen LogP contribution in [0.15, 0.2) is 18.2 Å². The van der Waals surface area contributed by atoms with Crippen LogP contribution in [-0.4, -0.2) is 43.1 Å². The molecule has 1 saturated heterocycles. The highest BCUT2D eigenvalue weighted by Gasteiger charge is 2.22. The van der Waals surface area contributed by atoms with Gasteiger partial charge in [0.1, 0.15) is 10.8 Å². The normalized spacial score (nSPS) is 18.0. The van der Waals surface area contributed by atoms with E-state index < -0.39 is 0 Å². The van der Waals surface area contributed by atoms with Crippen molar-refractivity contribution in [2.24, 2.45) is 0 Å². The number of carbonyl (C=O) groups excluding carboxylic acids is 1. The fourth-order valence-electron chi connectivity index (χ4n) is 2.20. The minimum absolute atomic E-state index is 0. The molecule has 1 aromatic rings. The van der Waals surface area contributed by atoms with Gasteiger partial charge in [0.15, 0.2) is 0 Å². The van der Waals surface area contributed by atoms with Crippen LogP contribution in [0.3, 0.4) is 0 Å². The van der Waals surface area contributed by atoms with Gasteiger partial charge in [0, 0.05) is 25.7 Å². The molecule has 118 valence electrons. The largest absolute Gasteiger partial charge is 0.491 e. The number of rotatable bonds is 4. The molecule has 0 spiro atoms. The van der Waals surface area contributed by atoms with E-state index >= 15 is 0 Å². The number of benzene rings is 1. The predicted octanol–water partition coefficient (Wildman–Crippen LogP) is 3.00. The molecule has 0 aliphatic carbocycles. The summed E-state index contributed by atoms with van der Waals surface area (Å²) in [6.07, 6.45) is 0.340. The summed E-state index contributed by atoms with van der Waals surface area (Å²) in [5.41, 5.74) is 0. The molecule has 7 heteroatoms. The van der Waals surface area contributed by atoms with Crippen LogP contribution >= 0.6 is 35.6 Å². The van der Waals surface area contributed by atoms with Crippen molar-refractivity contribution >= 4 is 41.5 Å². The Morgan fingerprint density at radius 1 is 1.48 bits per heavy atom. The van der Waals surface area contributed by atoms with E-state index in [0.29, 0.717) is 28.8 Å². The lowest BCUT2D eigenvalue weighted by Crippen LogP contribution is -2.52. The summed E-state index contributed by atoms with van der Waals surface area (Å²) in [4.78, 5) is 14.0. The van der Waals surface area contributed by atoms with E-state index in [1.165, 1.54) is 0 Å². The third kappa shape index (κ3) is 4.92. The third-order valence-electron chi connectivity index (χ3n) is 3.31. The highest BCUT2D eigenvalue weighted by atomic mass is 35.5. The molecule has 1 N–H and O–H groups in total. The number of nitrogens with one attached hydrogen (secondary N) is 1. The quantitative estimate of drug-likeness (QED) is 0.905. The minimum atomic E-state index is 0. The Labute approximate surface area is 141 Å². The van der Waals surface area contributed by atoms with E-state index in [-0.39, 0.29) is 24.4 Å². The SMILES string of the molecule is C[C@@H]1CNCCN1C(=O)CCOc1cccc(Cl)c1Cl.Cl. The zero-order chi connectivity index (χ0) is 14.5. The Bertz CT molecular complexity index is 485. The standard InChI is InChI=1S/C14H18Cl2N2O2.ClH/c1-10-9-17-6-7-18(10)13(19)5-8-20-12-4-2-3-11(15)14(12)16;/h2-4,10,17H,5-9H2,1H3;1H/t10-;/m1./s1. The molecule has 21 heavy (non-hydrogen) atoms. The second-order valence-corrected chi connectivity index (χ2v) is 5.58. The van der Waals surface area contributed by atoms with Gasteiger partial charge in [-0.05, 0) is 19.1 Å². The summed E-state index contributed by atoms with van der Waals surface area (Å²) in [6, 6.07) is 5.44. The van der Waals surface area contributed by atoms with Gasteiger partial charge in [-0.15, -0.1) is 12.4 Å². The second-order valence-electron chi connectivity index (χ2n) is 4.79. The van der Waals surface area contributed by atoms with Crippen molar-refractivity contribution < 1.29 is 9.53 Å². The molecule has 1 fully saturated rings. The van der Waals surface area contributed by atoms with Gasteiger partial charge >= 0.3 is 0 Å². The fraction of sp³-hybridized carbons (Fsp3) is 0.500. The van der Waals surface area contributed by atoms with Crippen LogP contribution in [0.2, 0.25) is 10.0 Å². The van der Waals surface area contributed by atoms with Gasteiger partial charge in [-0.1, -0.05) is 29.3 Å². The summed E-state index contributed by atoms with van der Waals surface area (Å²) in [6.45, 7) is 4.77. The molecular weight excluding hydrogens is 335 g/mol. The molecular formula is C14H19Cl3N2O2. The van der Waals surface area contributed by atoms with Crippen molar-refractivity contribution in [1.82, 2.24) is 10.2 Å². The van der Waals surface area contributed by atoms with E-state index in [1.54, 1.807) is 18.2 Å². The Balaban J connectivity index is 0.00000220. The summed E-state index contributed by atoms with van der Waals surface area (Å²) >= 11 is 11.9. The number of hydrogen-bond donors (Lipinski definition) is 1. The number of hydrogen-bond acceptors (Lipinski definition) is 3. The van der Waals surface area contributed by atoms with Gasteiger partial charge in [0.05, 0.1) is 18.1 Å². The molecule has 0 unspecified atom stereocenters. The third-order valence-corrected chi connectivity index (χ3v) is 4.11. The molecule has 2 rings (SSSR count). The van der Waals surface area contributed by atoms with Crippen LogP contribution in [0.25, 0.3) is 0 Å². The summed E-state index contributed by atoms with van der Waals surface area (Å²) in [5, 5.41) is 4.09. The number of ether oxygens (including phenoxy) is 1. The molecule has 1 amide bonds. The van der Waals surface area contributed by atoms with Crippen LogP contribution in [0.4, 0.5) is 0 Å². The summed E-state index contributed by atoms with van der Waals surface area (Å²) < 4.78 is 5.53. The van der Waals surface area contributed by atoms with Crippen molar-refractivity contribution in [3.8, 4) is 5.75 Å². The van der Waals surface area contributed by atoms with Crippen LogP contribution in [0.5, 0.6) is 5.75 Å². The average Bonchev–Trinajstić information content (AvgIpc) is 2.44. The van der Waals surface area contributed by atoms with Crippen LogP contribution in [-0.2, 0) is 4.79 Å². The van der Waals surface area contributed by atoms with Gasteiger partial charge in [-0.3, -0.25) is 4.79 Å². The topological polar surface area (TPSA) is 41.6 Å². The summed E-state index contributed by atoms with van der Waals surface area (Å²) in [7, 11) is 0. The molecule has 0 radical (unpaired) electrons. The first-order chi connectivity index (χ1) is 9.59. The molecule has 1 aromatic carbocycles. The van der Waals surface area contributed by atoms with Crippen molar-refractivity contribution in [3.05, 3.63) is 28.2 Å². The van der Waals surface area contributed by atoms with Gasteiger partial charge in [0.2, 0.25) is 5.91 Å². The first-order valence-corrected chi connectivity index (χ1v) is 7.42. The number of halogens is 3. The highest BCUT2D eigenvalue weighted by molar-refractivity contribution is 6.42. The van der Waals surface area contributed by atoms with E-state index in [2.05, 4.69) is 5.32 Å². The maximum atomic E-state index is 12.1. The Morgan fingerprint density at radius 3 is 2.95 bits per heavy atom. The average molecular weight is 354 g/mol. The molecule has 0 saturated carbocycles. The number of carbonyl (C=O) groups is 1. The van der Waals surface area contributed by atoms with Gasteiger partial charge in [-0.2, -0.15) is 0 Å². The number of nitrogens with zero attached hydrogens (tertiary/aromatic N) is 1. The van der Waals surface area contributed by atoms with Crippen LogP contribution in [0, 0.1) is 0 Å². The van der Waals surface area contributed by atoms with Gasteiger partial charge in [-0.25, -0.2) is 0 Å². The van der Waals surface area contributed by atoms with E-state index in [9.17, 15) is 4.79 Å². The first kappa shape index (κ1) is 18.4. The van der Waals surface area contributed by atoms with E-state index in [1.807, 2.05) is 11.8 Å². The molecule has 1 aliphatic rings. The molecule has 4 nitrogen and oxygen atoms in total. The van der Waals surface area contributed by atoms with Crippen molar-refractivity contribution in [3.63, 3.8) is 0 Å². The molecule has 1 atom stereocenters. The Morgan fingerprint density at radius 2 is 2.24 bits per heavy atom. The number of piperazine rings is 1. The molecule has 1 aliphatic heterocycles. The number of amides is 1.